The lowest BCUT2D eigenvalue weighted by Gasteiger charge is -2.12. The molecule has 134 valence electrons. The van der Waals surface area contributed by atoms with E-state index in [1.165, 1.54) is 6.21 Å². The van der Waals surface area contributed by atoms with Crippen LogP contribution in [0.2, 0.25) is 0 Å². The molecule has 2 aromatic carbocycles. The van der Waals surface area contributed by atoms with Crippen molar-refractivity contribution in [3.63, 3.8) is 0 Å². The van der Waals surface area contributed by atoms with E-state index in [4.69, 9.17) is 0 Å². The quantitative estimate of drug-likeness (QED) is 0.399. The van der Waals surface area contributed by atoms with Crippen LogP contribution in [0.4, 0.5) is 11.4 Å². The fraction of sp³-hybridized carbons (Fsp3) is 0.211. The van der Waals surface area contributed by atoms with Gasteiger partial charge in [-0.25, -0.2) is 5.43 Å². The molecule has 1 aliphatic carbocycles. The van der Waals surface area contributed by atoms with E-state index >= 15 is 0 Å². The summed E-state index contributed by atoms with van der Waals surface area (Å²) in [6.45, 7) is 2.02. The Bertz CT molecular complexity index is 862. The molecule has 0 aliphatic heterocycles. The predicted molar refractivity (Wildman–Crippen MR) is 106 cm³/mol. The van der Waals surface area contributed by atoms with Gasteiger partial charge < -0.3 is 10.6 Å². The molecule has 1 fully saturated rings. The first-order chi connectivity index (χ1) is 12.5. The molecule has 7 heteroatoms. The summed E-state index contributed by atoms with van der Waals surface area (Å²) in [5.74, 6) is -1.42. The summed E-state index contributed by atoms with van der Waals surface area (Å²) < 4.78 is 0.882. The molecule has 1 aliphatic rings. The highest BCUT2D eigenvalue weighted by atomic mass is 79.9. The minimum absolute atomic E-state index is 0.132. The second kappa shape index (κ2) is 8.14. The number of carbonyl (C=O) groups excluding carboxylic acids is 2. The van der Waals surface area contributed by atoms with Gasteiger partial charge in [-0.2, -0.15) is 5.10 Å². The summed E-state index contributed by atoms with van der Waals surface area (Å²) in [5.41, 5.74) is 5.96. The highest BCUT2D eigenvalue weighted by molar-refractivity contribution is 9.10. The van der Waals surface area contributed by atoms with Crippen LogP contribution in [0.1, 0.15) is 24.0 Å². The zero-order valence-corrected chi connectivity index (χ0v) is 15.8. The van der Waals surface area contributed by atoms with E-state index in [9.17, 15) is 9.59 Å². The summed E-state index contributed by atoms with van der Waals surface area (Å²) >= 11 is 3.43. The van der Waals surface area contributed by atoms with Crippen molar-refractivity contribution in [3.8, 4) is 0 Å². The highest BCUT2D eigenvalue weighted by Gasteiger charge is 2.26. The van der Waals surface area contributed by atoms with Gasteiger partial charge >= 0.3 is 11.8 Å². The SMILES string of the molecule is Cc1ccccc1Nc1ccc(Br)cc1/C=N\NC(=O)C(=O)NC1CC1. The maximum Gasteiger partial charge on any atom is 0.329 e. The normalized spacial score (nSPS) is 13.5. The van der Waals surface area contributed by atoms with Gasteiger partial charge in [0.2, 0.25) is 0 Å². The standard InChI is InChI=1S/C19H19BrN4O2/c1-12-4-2-3-5-16(12)23-17-9-6-14(20)10-13(17)11-21-24-19(26)18(25)22-15-7-8-15/h2-6,9-11,15,23H,7-8H2,1H3,(H,22,25)(H,24,26)/b21-11-. The maximum absolute atomic E-state index is 11.7. The number of anilines is 2. The molecule has 2 amide bonds. The van der Waals surface area contributed by atoms with Gasteiger partial charge in [0.05, 0.1) is 6.21 Å². The molecule has 0 radical (unpaired) electrons. The zero-order chi connectivity index (χ0) is 18.5. The molecule has 0 saturated heterocycles. The lowest BCUT2D eigenvalue weighted by atomic mass is 10.1. The number of amides is 2. The molecule has 0 atom stereocenters. The topological polar surface area (TPSA) is 82.6 Å². The number of carbonyl (C=O) groups is 2. The lowest BCUT2D eigenvalue weighted by molar-refractivity contribution is -0.139. The van der Waals surface area contributed by atoms with E-state index < -0.39 is 11.8 Å². The summed E-state index contributed by atoms with van der Waals surface area (Å²) in [5, 5.41) is 9.89. The maximum atomic E-state index is 11.7. The van der Waals surface area contributed by atoms with Crippen molar-refractivity contribution in [1.82, 2.24) is 10.7 Å². The largest absolute Gasteiger partial charge is 0.355 e. The van der Waals surface area contributed by atoms with Crippen LogP contribution >= 0.6 is 15.9 Å². The monoisotopic (exact) mass is 414 g/mol. The van der Waals surface area contributed by atoms with Crippen molar-refractivity contribution >= 4 is 45.3 Å². The molecule has 3 N–H and O–H groups in total. The summed E-state index contributed by atoms with van der Waals surface area (Å²) in [7, 11) is 0. The predicted octanol–water partition coefficient (Wildman–Crippen LogP) is 3.23. The molecule has 0 aromatic heterocycles. The summed E-state index contributed by atoms with van der Waals surface area (Å²) in [6, 6.07) is 13.8. The number of nitrogens with one attached hydrogen (secondary N) is 3. The van der Waals surface area contributed by atoms with Crippen molar-refractivity contribution in [3.05, 3.63) is 58.1 Å². The van der Waals surface area contributed by atoms with E-state index in [0.717, 1.165) is 39.8 Å². The molecule has 3 rings (SSSR count). The van der Waals surface area contributed by atoms with Gasteiger partial charge in [-0.05, 0) is 49.6 Å². The molecule has 2 aromatic rings. The second-order valence-electron chi connectivity index (χ2n) is 6.12. The van der Waals surface area contributed by atoms with Crippen molar-refractivity contribution in [1.29, 1.82) is 0 Å². The number of nitrogens with zero attached hydrogens (tertiary/aromatic N) is 1. The number of hydrazone groups is 1. The molecular weight excluding hydrogens is 396 g/mol. The average Bonchev–Trinajstić information content (AvgIpc) is 3.43. The number of hydrogen-bond acceptors (Lipinski definition) is 4. The molecule has 26 heavy (non-hydrogen) atoms. The first-order valence-corrected chi connectivity index (χ1v) is 9.08. The number of rotatable bonds is 5. The Morgan fingerprint density at radius 1 is 1.12 bits per heavy atom. The van der Waals surface area contributed by atoms with Crippen molar-refractivity contribution in [2.45, 2.75) is 25.8 Å². The molecule has 0 unspecified atom stereocenters. The van der Waals surface area contributed by atoms with Gasteiger partial charge in [0.15, 0.2) is 0 Å². The molecular formula is C19H19BrN4O2. The fourth-order valence-electron chi connectivity index (χ4n) is 2.30. The Labute approximate surface area is 160 Å². The van der Waals surface area contributed by atoms with E-state index in [1.807, 2.05) is 49.4 Å². The van der Waals surface area contributed by atoms with E-state index in [2.05, 4.69) is 37.1 Å². The smallest absolute Gasteiger partial charge is 0.329 e. The third-order valence-corrected chi connectivity index (χ3v) is 4.41. The number of para-hydroxylation sites is 1. The van der Waals surface area contributed by atoms with E-state index in [0.29, 0.717) is 0 Å². The van der Waals surface area contributed by atoms with Crippen molar-refractivity contribution < 1.29 is 9.59 Å². The van der Waals surface area contributed by atoms with Gasteiger partial charge in [0.25, 0.3) is 0 Å². The average molecular weight is 415 g/mol. The van der Waals surface area contributed by atoms with Gasteiger partial charge in [0, 0.05) is 27.5 Å². The summed E-state index contributed by atoms with van der Waals surface area (Å²) in [6.07, 6.45) is 3.36. The van der Waals surface area contributed by atoms with E-state index in [-0.39, 0.29) is 6.04 Å². The molecule has 0 heterocycles. The third kappa shape index (κ3) is 4.92. The van der Waals surface area contributed by atoms with Crippen LogP contribution in [0.25, 0.3) is 0 Å². The lowest BCUT2D eigenvalue weighted by Crippen LogP contribution is -2.38. The number of aryl methyl sites for hydroxylation is 1. The van der Waals surface area contributed by atoms with Crippen LogP contribution in [0, 0.1) is 6.92 Å². The van der Waals surface area contributed by atoms with Crippen LogP contribution in [-0.2, 0) is 9.59 Å². The highest BCUT2D eigenvalue weighted by Crippen LogP contribution is 2.25. The third-order valence-electron chi connectivity index (χ3n) is 3.92. The van der Waals surface area contributed by atoms with Crippen LogP contribution < -0.4 is 16.1 Å². The molecule has 6 nitrogen and oxygen atoms in total. The van der Waals surface area contributed by atoms with Gasteiger partial charge in [-0.1, -0.05) is 34.1 Å². The Kier molecular flexibility index (Phi) is 5.68. The molecule has 0 spiro atoms. The number of hydrogen-bond donors (Lipinski definition) is 3. The minimum Gasteiger partial charge on any atom is -0.355 e. The summed E-state index contributed by atoms with van der Waals surface area (Å²) in [4.78, 5) is 23.3. The zero-order valence-electron chi connectivity index (χ0n) is 14.3. The first kappa shape index (κ1) is 18.1. The van der Waals surface area contributed by atoms with Gasteiger partial charge in [0.1, 0.15) is 0 Å². The Morgan fingerprint density at radius 3 is 2.62 bits per heavy atom. The first-order valence-electron chi connectivity index (χ1n) is 8.29. The minimum atomic E-state index is -0.767. The van der Waals surface area contributed by atoms with Crippen molar-refractivity contribution in [2.75, 3.05) is 5.32 Å². The molecule has 1 saturated carbocycles. The van der Waals surface area contributed by atoms with Gasteiger partial charge in [-0.3, -0.25) is 9.59 Å². The fourth-order valence-corrected chi connectivity index (χ4v) is 2.68. The Morgan fingerprint density at radius 2 is 1.88 bits per heavy atom. The van der Waals surface area contributed by atoms with Crippen LogP contribution in [0.15, 0.2) is 52.0 Å². The van der Waals surface area contributed by atoms with Crippen LogP contribution in [0.5, 0.6) is 0 Å². The van der Waals surface area contributed by atoms with Gasteiger partial charge in [-0.15, -0.1) is 0 Å². The molecule has 0 bridgehead atoms. The van der Waals surface area contributed by atoms with Crippen LogP contribution in [0.3, 0.4) is 0 Å². The number of benzene rings is 2. The van der Waals surface area contributed by atoms with Crippen LogP contribution in [-0.4, -0.2) is 24.1 Å². The van der Waals surface area contributed by atoms with Crippen molar-refractivity contribution in [2.24, 2.45) is 5.10 Å². The van der Waals surface area contributed by atoms with E-state index in [1.54, 1.807) is 0 Å². The number of halogens is 1. The Hall–Kier alpha value is -2.67. The Balaban J connectivity index is 1.70. The second-order valence-corrected chi connectivity index (χ2v) is 7.03.